The molecule has 110 valence electrons. The van der Waals surface area contributed by atoms with Crippen molar-refractivity contribution in [1.82, 2.24) is 4.90 Å². The van der Waals surface area contributed by atoms with Crippen LogP contribution in [0.1, 0.15) is 5.56 Å². The minimum absolute atomic E-state index is 0.370. The molecule has 2 aliphatic rings. The number of halogens is 3. The van der Waals surface area contributed by atoms with Gasteiger partial charge in [0.15, 0.2) is 0 Å². The molecule has 0 spiro atoms. The van der Waals surface area contributed by atoms with Crippen molar-refractivity contribution in [2.45, 2.75) is 12.3 Å². The van der Waals surface area contributed by atoms with Crippen LogP contribution in [0.25, 0.3) is 0 Å². The van der Waals surface area contributed by atoms with Gasteiger partial charge in [0.25, 0.3) is 0 Å². The van der Waals surface area contributed by atoms with Gasteiger partial charge in [0.2, 0.25) is 0 Å². The van der Waals surface area contributed by atoms with Gasteiger partial charge < -0.3 is 9.64 Å². The van der Waals surface area contributed by atoms with Crippen LogP contribution in [0.5, 0.6) is 0 Å². The minimum atomic E-state index is -4.28. The van der Waals surface area contributed by atoms with Crippen molar-refractivity contribution >= 4 is 5.69 Å². The zero-order valence-electron chi connectivity index (χ0n) is 11.1. The number of hydrogen-bond donors (Lipinski definition) is 0. The highest BCUT2D eigenvalue weighted by atomic mass is 19.4. The number of benzene rings is 1. The van der Waals surface area contributed by atoms with E-state index < -0.39 is 11.7 Å². The first kappa shape index (κ1) is 13.7. The second-order valence-electron chi connectivity index (χ2n) is 5.29. The number of rotatable bonds is 3. The van der Waals surface area contributed by atoms with Crippen LogP contribution in [-0.4, -0.2) is 50.3 Å². The van der Waals surface area contributed by atoms with Gasteiger partial charge in [-0.2, -0.15) is 13.2 Å². The van der Waals surface area contributed by atoms with Gasteiger partial charge >= 0.3 is 6.18 Å². The highest BCUT2D eigenvalue weighted by molar-refractivity contribution is 5.49. The summed E-state index contributed by atoms with van der Waals surface area (Å²) in [4.78, 5) is 4.32. The highest BCUT2D eigenvalue weighted by Gasteiger charge is 2.31. The van der Waals surface area contributed by atoms with E-state index in [-0.39, 0.29) is 0 Å². The van der Waals surface area contributed by atoms with Crippen molar-refractivity contribution < 1.29 is 17.9 Å². The fraction of sp³-hybridized carbons (Fsp3) is 0.571. The smallest absolute Gasteiger partial charge is 0.372 e. The topological polar surface area (TPSA) is 19.0 Å². The van der Waals surface area contributed by atoms with Crippen LogP contribution in [0.3, 0.4) is 0 Å². The molecule has 0 bridgehead atoms. The van der Waals surface area contributed by atoms with E-state index in [4.69, 9.17) is 4.74 Å². The molecule has 0 N–H and O–H groups in total. The molecule has 3 nitrogen and oxygen atoms in total. The first-order valence-electron chi connectivity index (χ1n) is 6.78. The van der Waals surface area contributed by atoms with Gasteiger partial charge in [0, 0.05) is 38.4 Å². The van der Waals surface area contributed by atoms with Crippen LogP contribution in [0.2, 0.25) is 0 Å². The third-order valence-electron chi connectivity index (χ3n) is 3.78. The monoisotopic (exact) mass is 286 g/mol. The molecule has 6 heteroatoms. The Balaban J connectivity index is 1.62. The van der Waals surface area contributed by atoms with Gasteiger partial charge in [0.05, 0.1) is 18.3 Å². The third-order valence-corrected chi connectivity index (χ3v) is 3.78. The summed E-state index contributed by atoms with van der Waals surface area (Å²) in [5.74, 6) is 0. The molecule has 2 fully saturated rings. The van der Waals surface area contributed by atoms with Gasteiger partial charge in [-0.1, -0.05) is 6.07 Å². The molecular weight excluding hydrogens is 269 g/mol. The number of alkyl halides is 3. The van der Waals surface area contributed by atoms with Crippen molar-refractivity contribution in [3.63, 3.8) is 0 Å². The summed E-state index contributed by atoms with van der Waals surface area (Å²) in [5.41, 5.74) is 0.0750. The Morgan fingerprint density at radius 1 is 1.15 bits per heavy atom. The second kappa shape index (κ2) is 5.26. The van der Waals surface area contributed by atoms with E-state index in [1.807, 2.05) is 4.90 Å². The Morgan fingerprint density at radius 2 is 1.85 bits per heavy atom. The summed E-state index contributed by atoms with van der Waals surface area (Å²) in [6.45, 7) is 5.04. The number of hydrogen-bond acceptors (Lipinski definition) is 3. The summed E-state index contributed by atoms with van der Waals surface area (Å²) < 4.78 is 43.3. The lowest BCUT2D eigenvalue weighted by Crippen LogP contribution is -2.47. The average molecular weight is 286 g/mol. The van der Waals surface area contributed by atoms with Crippen LogP contribution in [-0.2, 0) is 10.9 Å². The SMILES string of the molecule is FC(F)(F)c1cccc(N2CCN(CC3CO3)CC2)c1. The fourth-order valence-corrected chi connectivity index (χ4v) is 2.53. The average Bonchev–Trinajstić information content (AvgIpc) is 3.23. The van der Waals surface area contributed by atoms with Gasteiger partial charge in [-0.15, -0.1) is 0 Å². The lowest BCUT2D eigenvalue weighted by Gasteiger charge is -2.36. The van der Waals surface area contributed by atoms with E-state index in [1.54, 1.807) is 6.07 Å². The van der Waals surface area contributed by atoms with Crippen LogP contribution < -0.4 is 4.90 Å². The molecule has 0 aromatic heterocycles. The van der Waals surface area contributed by atoms with Gasteiger partial charge in [-0.25, -0.2) is 0 Å². The maximum absolute atomic E-state index is 12.7. The Bertz CT molecular complexity index is 466. The Kier molecular flexibility index (Phi) is 3.60. The molecule has 2 saturated heterocycles. The van der Waals surface area contributed by atoms with Crippen molar-refractivity contribution in [2.75, 3.05) is 44.2 Å². The summed E-state index contributed by atoms with van der Waals surface area (Å²) in [5, 5.41) is 0. The fourth-order valence-electron chi connectivity index (χ4n) is 2.53. The number of epoxide rings is 1. The van der Waals surface area contributed by atoms with Gasteiger partial charge in [0.1, 0.15) is 0 Å². The molecule has 20 heavy (non-hydrogen) atoms. The van der Waals surface area contributed by atoms with E-state index in [2.05, 4.69) is 4.90 Å². The zero-order valence-corrected chi connectivity index (χ0v) is 11.1. The maximum atomic E-state index is 12.7. The van der Waals surface area contributed by atoms with E-state index >= 15 is 0 Å². The van der Waals surface area contributed by atoms with Gasteiger partial charge in [-0.3, -0.25) is 4.90 Å². The molecular formula is C14H17F3N2O. The summed E-state index contributed by atoms with van der Waals surface area (Å²) in [6.07, 6.45) is -3.91. The van der Waals surface area contributed by atoms with E-state index in [1.165, 1.54) is 12.1 Å². The molecule has 0 radical (unpaired) electrons. The van der Waals surface area contributed by atoms with Crippen LogP contribution >= 0.6 is 0 Å². The molecule has 1 unspecified atom stereocenters. The lowest BCUT2D eigenvalue weighted by molar-refractivity contribution is -0.137. The minimum Gasteiger partial charge on any atom is -0.372 e. The summed E-state index contributed by atoms with van der Waals surface area (Å²) in [7, 11) is 0. The maximum Gasteiger partial charge on any atom is 0.416 e. The second-order valence-corrected chi connectivity index (χ2v) is 5.29. The zero-order chi connectivity index (χ0) is 14.2. The van der Waals surface area contributed by atoms with Crippen molar-refractivity contribution in [3.05, 3.63) is 29.8 Å². The molecule has 2 heterocycles. The van der Waals surface area contributed by atoms with E-state index in [0.717, 1.165) is 45.4 Å². The molecule has 1 aromatic rings. The molecule has 2 aliphatic heterocycles. The highest BCUT2D eigenvalue weighted by Crippen LogP contribution is 2.31. The normalized spacial score (nSPS) is 23.9. The first-order valence-corrected chi connectivity index (χ1v) is 6.78. The summed E-state index contributed by atoms with van der Waals surface area (Å²) in [6, 6.07) is 5.57. The Hall–Kier alpha value is -1.27. The largest absolute Gasteiger partial charge is 0.416 e. The van der Waals surface area contributed by atoms with Crippen LogP contribution in [0.15, 0.2) is 24.3 Å². The number of anilines is 1. The predicted molar refractivity (Wildman–Crippen MR) is 69.8 cm³/mol. The molecule has 0 aliphatic carbocycles. The van der Waals surface area contributed by atoms with Crippen molar-refractivity contribution in [2.24, 2.45) is 0 Å². The standard InChI is InChI=1S/C14H17F3N2O/c15-14(16,17)11-2-1-3-12(8-11)19-6-4-18(5-7-19)9-13-10-20-13/h1-3,8,13H,4-7,9-10H2. The van der Waals surface area contributed by atoms with E-state index in [9.17, 15) is 13.2 Å². The Labute approximate surface area is 115 Å². The molecule has 3 rings (SSSR count). The number of ether oxygens (including phenoxy) is 1. The number of nitrogens with zero attached hydrogens (tertiary/aromatic N) is 2. The quantitative estimate of drug-likeness (QED) is 0.794. The van der Waals surface area contributed by atoms with Crippen LogP contribution in [0.4, 0.5) is 18.9 Å². The Morgan fingerprint density at radius 3 is 2.45 bits per heavy atom. The van der Waals surface area contributed by atoms with Gasteiger partial charge in [-0.05, 0) is 18.2 Å². The van der Waals surface area contributed by atoms with Crippen molar-refractivity contribution in [1.29, 1.82) is 0 Å². The molecule has 1 atom stereocenters. The van der Waals surface area contributed by atoms with E-state index in [0.29, 0.717) is 11.8 Å². The van der Waals surface area contributed by atoms with Crippen molar-refractivity contribution in [3.8, 4) is 0 Å². The first-order chi connectivity index (χ1) is 9.52. The summed E-state index contributed by atoms with van der Waals surface area (Å²) >= 11 is 0. The number of piperazine rings is 1. The van der Waals surface area contributed by atoms with Crippen LogP contribution in [0, 0.1) is 0 Å². The molecule has 1 aromatic carbocycles. The molecule has 0 amide bonds. The molecule has 0 saturated carbocycles. The third kappa shape index (κ3) is 3.24. The lowest BCUT2D eigenvalue weighted by atomic mass is 10.1. The predicted octanol–water partition coefficient (Wildman–Crippen LogP) is 2.23.